The molecular weight excluding hydrogens is 389 g/mol. The van der Waals surface area contributed by atoms with Gasteiger partial charge in [-0.15, -0.1) is 11.3 Å². The lowest BCUT2D eigenvalue weighted by molar-refractivity contribution is -0.119. The SMILES string of the molecule is CCOC(=O)c1c(NC(=O)COC(=O)c2ccc(OC)cc2F)sc(C)c1C. The quantitative estimate of drug-likeness (QED) is 0.704. The second-order valence-corrected chi connectivity index (χ2v) is 6.90. The van der Waals surface area contributed by atoms with E-state index in [1.807, 2.05) is 6.92 Å². The number of benzene rings is 1. The lowest BCUT2D eigenvalue weighted by Gasteiger charge is -2.09. The van der Waals surface area contributed by atoms with Crippen LogP contribution in [0.15, 0.2) is 18.2 Å². The van der Waals surface area contributed by atoms with Crippen LogP contribution >= 0.6 is 11.3 Å². The second kappa shape index (κ2) is 9.32. The van der Waals surface area contributed by atoms with E-state index in [0.717, 1.165) is 10.9 Å². The van der Waals surface area contributed by atoms with Gasteiger partial charge in [0, 0.05) is 10.9 Å². The lowest BCUT2D eigenvalue weighted by atomic mass is 10.1. The number of ether oxygens (including phenoxy) is 3. The number of hydrogen-bond acceptors (Lipinski definition) is 7. The summed E-state index contributed by atoms with van der Waals surface area (Å²) in [5.41, 5.74) is 0.657. The van der Waals surface area contributed by atoms with E-state index in [1.54, 1.807) is 13.8 Å². The first kappa shape index (κ1) is 21.4. The average Bonchev–Trinajstić information content (AvgIpc) is 2.93. The van der Waals surface area contributed by atoms with E-state index in [9.17, 15) is 18.8 Å². The molecule has 28 heavy (non-hydrogen) atoms. The van der Waals surface area contributed by atoms with E-state index in [4.69, 9.17) is 14.2 Å². The van der Waals surface area contributed by atoms with Crippen LogP contribution < -0.4 is 10.1 Å². The van der Waals surface area contributed by atoms with Gasteiger partial charge in [0.05, 0.1) is 24.8 Å². The second-order valence-electron chi connectivity index (χ2n) is 5.68. The number of amides is 1. The number of nitrogens with one attached hydrogen (secondary N) is 1. The number of methoxy groups -OCH3 is 1. The van der Waals surface area contributed by atoms with Gasteiger partial charge in [-0.1, -0.05) is 0 Å². The van der Waals surface area contributed by atoms with Crippen molar-refractivity contribution in [2.24, 2.45) is 0 Å². The van der Waals surface area contributed by atoms with Crippen molar-refractivity contribution in [2.45, 2.75) is 20.8 Å². The summed E-state index contributed by atoms with van der Waals surface area (Å²) in [6, 6.07) is 3.65. The van der Waals surface area contributed by atoms with Crippen molar-refractivity contribution >= 4 is 34.2 Å². The minimum absolute atomic E-state index is 0.200. The molecule has 0 spiro atoms. The average molecular weight is 409 g/mol. The monoisotopic (exact) mass is 409 g/mol. The van der Waals surface area contributed by atoms with E-state index in [0.29, 0.717) is 10.6 Å². The van der Waals surface area contributed by atoms with E-state index < -0.39 is 30.3 Å². The molecule has 2 rings (SSSR count). The van der Waals surface area contributed by atoms with Gasteiger partial charge in [0.15, 0.2) is 6.61 Å². The van der Waals surface area contributed by atoms with Crippen molar-refractivity contribution in [3.63, 3.8) is 0 Å². The molecule has 1 aromatic heterocycles. The number of aryl methyl sites for hydroxylation is 1. The number of anilines is 1. The highest BCUT2D eigenvalue weighted by atomic mass is 32.1. The summed E-state index contributed by atoms with van der Waals surface area (Å²) in [6.07, 6.45) is 0. The van der Waals surface area contributed by atoms with E-state index >= 15 is 0 Å². The van der Waals surface area contributed by atoms with Crippen LogP contribution in [0.5, 0.6) is 5.75 Å². The Morgan fingerprint density at radius 1 is 1.14 bits per heavy atom. The third-order valence-corrected chi connectivity index (χ3v) is 4.97. The molecule has 0 radical (unpaired) electrons. The number of carbonyl (C=O) groups is 3. The van der Waals surface area contributed by atoms with Crippen LogP contribution in [0.1, 0.15) is 38.1 Å². The molecule has 1 amide bonds. The maximum absolute atomic E-state index is 13.9. The first-order valence-electron chi connectivity index (χ1n) is 8.36. The first-order chi connectivity index (χ1) is 13.3. The van der Waals surface area contributed by atoms with E-state index in [-0.39, 0.29) is 23.5 Å². The van der Waals surface area contributed by atoms with Gasteiger partial charge in [-0.3, -0.25) is 4.79 Å². The predicted molar refractivity (Wildman–Crippen MR) is 102 cm³/mol. The summed E-state index contributed by atoms with van der Waals surface area (Å²) in [6.45, 7) is 4.81. The molecular formula is C19H20FNO6S. The fourth-order valence-corrected chi connectivity index (χ4v) is 3.39. The third kappa shape index (κ3) is 4.86. The summed E-state index contributed by atoms with van der Waals surface area (Å²) < 4.78 is 28.6. The predicted octanol–water partition coefficient (Wildman–Crippen LogP) is 3.48. The summed E-state index contributed by atoms with van der Waals surface area (Å²) in [7, 11) is 1.37. The van der Waals surface area contributed by atoms with Crippen molar-refractivity contribution in [2.75, 3.05) is 25.6 Å². The minimum atomic E-state index is -0.987. The lowest BCUT2D eigenvalue weighted by Crippen LogP contribution is -2.22. The molecule has 7 nitrogen and oxygen atoms in total. The summed E-state index contributed by atoms with van der Waals surface area (Å²) in [4.78, 5) is 37.1. The van der Waals surface area contributed by atoms with Gasteiger partial charge in [-0.2, -0.15) is 0 Å². The van der Waals surface area contributed by atoms with Crippen LogP contribution in [0.25, 0.3) is 0 Å². The molecule has 0 aliphatic rings. The highest BCUT2D eigenvalue weighted by Crippen LogP contribution is 2.33. The summed E-state index contributed by atoms with van der Waals surface area (Å²) >= 11 is 1.21. The fourth-order valence-electron chi connectivity index (χ4n) is 2.32. The number of hydrogen-bond donors (Lipinski definition) is 1. The maximum atomic E-state index is 13.9. The Hall–Kier alpha value is -2.94. The molecule has 9 heteroatoms. The molecule has 1 N–H and O–H groups in total. The van der Waals surface area contributed by atoms with Crippen molar-refractivity contribution < 1.29 is 33.0 Å². The van der Waals surface area contributed by atoms with Crippen molar-refractivity contribution in [1.82, 2.24) is 0 Å². The highest BCUT2D eigenvalue weighted by Gasteiger charge is 2.23. The molecule has 1 aromatic carbocycles. The van der Waals surface area contributed by atoms with Crippen LogP contribution in [0.2, 0.25) is 0 Å². The molecule has 0 atom stereocenters. The number of halogens is 1. The summed E-state index contributed by atoms with van der Waals surface area (Å²) in [5, 5.41) is 2.85. The van der Waals surface area contributed by atoms with Gasteiger partial charge in [0.2, 0.25) is 0 Å². The molecule has 0 unspecified atom stereocenters. The molecule has 0 saturated carbocycles. The minimum Gasteiger partial charge on any atom is -0.497 e. The number of esters is 2. The summed E-state index contributed by atoms with van der Waals surface area (Å²) in [5.74, 6) is -2.76. The molecule has 0 bridgehead atoms. The van der Waals surface area contributed by atoms with Gasteiger partial charge in [0.25, 0.3) is 5.91 Å². The Kier molecular flexibility index (Phi) is 7.11. The topological polar surface area (TPSA) is 90.9 Å². The number of rotatable bonds is 7. The Labute approximate surface area is 165 Å². The Balaban J connectivity index is 2.04. The number of thiophene rings is 1. The fraction of sp³-hybridized carbons (Fsp3) is 0.316. The van der Waals surface area contributed by atoms with Gasteiger partial charge in [-0.05, 0) is 38.5 Å². The van der Waals surface area contributed by atoms with Gasteiger partial charge in [-0.25, -0.2) is 14.0 Å². The first-order valence-corrected chi connectivity index (χ1v) is 9.17. The zero-order chi connectivity index (χ0) is 20.8. The van der Waals surface area contributed by atoms with Crippen LogP contribution in [0.3, 0.4) is 0 Å². The van der Waals surface area contributed by atoms with Crippen LogP contribution in [-0.2, 0) is 14.3 Å². The molecule has 150 valence electrons. The largest absolute Gasteiger partial charge is 0.497 e. The molecule has 0 aliphatic heterocycles. The standard InChI is InChI=1S/C19H20FNO6S/c1-5-26-19(24)16-10(2)11(3)28-17(16)21-15(22)9-27-18(23)13-7-6-12(25-4)8-14(13)20/h6-8H,5,9H2,1-4H3,(H,21,22). The van der Waals surface area contributed by atoms with E-state index in [1.165, 1.54) is 30.6 Å². The highest BCUT2D eigenvalue weighted by molar-refractivity contribution is 7.16. The molecule has 0 fully saturated rings. The smallest absolute Gasteiger partial charge is 0.341 e. The maximum Gasteiger partial charge on any atom is 0.341 e. The number of carbonyl (C=O) groups excluding carboxylic acids is 3. The van der Waals surface area contributed by atoms with Crippen LogP contribution in [-0.4, -0.2) is 38.2 Å². The van der Waals surface area contributed by atoms with Gasteiger partial charge < -0.3 is 19.5 Å². The molecule has 0 saturated heterocycles. The van der Waals surface area contributed by atoms with Crippen LogP contribution in [0, 0.1) is 19.7 Å². The zero-order valence-electron chi connectivity index (χ0n) is 15.9. The van der Waals surface area contributed by atoms with Gasteiger partial charge in [0.1, 0.15) is 16.6 Å². The Morgan fingerprint density at radius 3 is 2.46 bits per heavy atom. The van der Waals surface area contributed by atoms with Crippen LogP contribution in [0.4, 0.5) is 9.39 Å². The third-order valence-electron chi connectivity index (χ3n) is 3.85. The van der Waals surface area contributed by atoms with Crippen molar-refractivity contribution in [3.8, 4) is 5.75 Å². The van der Waals surface area contributed by atoms with Crippen molar-refractivity contribution in [1.29, 1.82) is 0 Å². The van der Waals surface area contributed by atoms with Gasteiger partial charge >= 0.3 is 11.9 Å². The van der Waals surface area contributed by atoms with E-state index in [2.05, 4.69) is 5.32 Å². The Morgan fingerprint density at radius 2 is 1.86 bits per heavy atom. The molecule has 0 aliphatic carbocycles. The molecule has 1 heterocycles. The Bertz CT molecular complexity index is 908. The zero-order valence-corrected chi connectivity index (χ0v) is 16.7. The normalized spacial score (nSPS) is 10.3. The molecule has 2 aromatic rings. The van der Waals surface area contributed by atoms with Crippen molar-refractivity contribution in [3.05, 3.63) is 45.6 Å².